The van der Waals surface area contributed by atoms with Crippen LogP contribution in [-0.4, -0.2) is 75.6 Å². The minimum atomic E-state index is -0.533. The molecule has 1 saturated carbocycles. The van der Waals surface area contributed by atoms with Gasteiger partial charge in [0.15, 0.2) is 5.78 Å². The molecule has 0 N–H and O–H groups in total. The average Bonchev–Trinajstić information content (AvgIpc) is 3.50. The summed E-state index contributed by atoms with van der Waals surface area (Å²) in [5.74, 6) is -0.0887. The molecule has 4 rings (SSSR count). The zero-order valence-corrected chi connectivity index (χ0v) is 27.6. The Bertz CT molecular complexity index is 1120. The third-order valence-corrected chi connectivity index (χ3v) is 10.1. The van der Waals surface area contributed by atoms with Crippen LogP contribution in [0.3, 0.4) is 0 Å². The normalized spacial score (nSPS) is 27.7. The van der Waals surface area contributed by atoms with Gasteiger partial charge in [-0.2, -0.15) is 0 Å². The van der Waals surface area contributed by atoms with Crippen molar-refractivity contribution in [3.05, 3.63) is 34.9 Å². The lowest BCUT2D eigenvalue weighted by atomic mass is 9.74. The van der Waals surface area contributed by atoms with Crippen molar-refractivity contribution in [3.63, 3.8) is 0 Å². The number of carbonyl (C=O) groups is 3. The molecule has 0 spiro atoms. The lowest BCUT2D eigenvalue weighted by molar-refractivity contribution is -0.147. The molecular weight excluding hydrogens is 534 g/mol. The molecule has 0 bridgehead atoms. The third kappa shape index (κ3) is 7.01. The van der Waals surface area contributed by atoms with Gasteiger partial charge in [-0.05, 0) is 82.9 Å². The summed E-state index contributed by atoms with van der Waals surface area (Å²) in [6.07, 6.45) is 4.59. The van der Waals surface area contributed by atoms with Gasteiger partial charge in [-0.3, -0.25) is 19.3 Å². The molecule has 0 radical (unpaired) electrons. The maximum absolute atomic E-state index is 14.5. The van der Waals surface area contributed by atoms with Crippen molar-refractivity contribution in [2.45, 2.75) is 124 Å². The van der Waals surface area contributed by atoms with Crippen LogP contribution >= 0.6 is 11.6 Å². The van der Waals surface area contributed by atoms with E-state index in [1.54, 1.807) is 6.92 Å². The quantitative estimate of drug-likeness (QED) is 0.393. The highest BCUT2D eigenvalue weighted by Gasteiger charge is 2.50. The van der Waals surface area contributed by atoms with E-state index in [0.717, 1.165) is 37.8 Å². The number of carbonyl (C=O) groups excluding carboxylic acids is 3. The first-order valence-electron chi connectivity index (χ1n) is 15.5. The van der Waals surface area contributed by atoms with E-state index < -0.39 is 11.5 Å². The summed E-state index contributed by atoms with van der Waals surface area (Å²) in [6, 6.07) is 7.34. The Hall–Kier alpha value is -1.92. The standard InChI is InChI=1S/C34H52ClN3O3/c1-22(39)29-18-26(38(31(41)32(2,3)4)25-14-16-34(8,9)17-15-25)19-37(29)30(40)28-21-36(33(5,6)7)20-27(28)23-10-12-24(35)13-11-23/h10-13,25-29H,14-21H2,1-9H3/t26-,27+,28?,29+/m0/s1. The van der Waals surface area contributed by atoms with E-state index >= 15 is 0 Å². The molecule has 2 aliphatic heterocycles. The van der Waals surface area contributed by atoms with Crippen LogP contribution in [0.5, 0.6) is 0 Å². The minimum absolute atomic E-state index is 0.00232. The van der Waals surface area contributed by atoms with Gasteiger partial charge in [0.05, 0.1) is 18.0 Å². The summed E-state index contributed by atoms with van der Waals surface area (Å²) >= 11 is 6.20. The molecule has 2 saturated heterocycles. The number of halogens is 1. The SMILES string of the molecule is CC(=O)[C@H]1C[C@H](N(C(=O)C(C)(C)C)C2CCC(C)(C)CC2)CN1C(=O)C1CN(C(C)(C)C)C[C@@H]1c1ccc(Cl)cc1. The lowest BCUT2D eigenvalue weighted by Gasteiger charge is -2.45. The van der Waals surface area contributed by atoms with Gasteiger partial charge in [0, 0.05) is 47.6 Å². The first-order chi connectivity index (χ1) is 18.9. The van der Waals surface area contributed by atoms with Crippen molar-refractivity contribution in [2.75, 3.05) is 19.6 Å². The number of Topliss-reactive ketones (excluding diaryl/α,β-unsaturated/α-hetero) is 1. The first-order valence-corrected chi connectivity index (χ1v) is 15.9. The van der Waals surface area contributed by atoms with Gasteiger partial charge in [0.25, 0.3) is 0 Å². The van der Waals surface area contributed by atoms with Crippen molar-refractivity contribution >= 4 is 29.2 Å². The molecule has 2 heterocycles. The van der Waals surface area contributed by atoms with Crippen LogP contribution in [0.4, 0.5) is 0 Å². The Kier molecular flexibility index (Phi) is 9.08. The first kappa shape index (κ1) is 32.0. The van der Waals surface area contributed by atoms with Crippen LogP contribution in [0.15, 0.2) is 24.3 Å². The number of nitrogens with zero attached hydrogens (tertiary/aromatic N) is 3. The van der Waals surface area contributed by atoms with Gasteiger partial charge in [-0.25, -0.2) is 0 Å². The fourth-order valence-electron chi connectivity index (χ4n) is 7.19. The number of hydrogen-bond donors (Lipinski definition) is 0. The van der Waals surface area contributed by atoms with E-state index in [2.05, 4.69) is 44.4 Å². The largest absolute Gasteiger partial charge is 0.334 e. The fraction of sp³-hybridized carbons (Fsp3) is 0.735. The summed E-state index contributed by atoms with van der Waals surface area (Å²) in [5.41, 5.74) is 0.765. The third-order valence-electron chi connectivity index (χ3n) is 9.89. The van der Waals surface area contributed by atoms with Gasteiger partial charge < -0.3 is 9.80 Å². The Labute approximate surface area is 253 Å². The van der Waals surface area contributed by atoms with Crippen LogP contribution in [0, 0.1) is 16.7 Å². The van der Waals surface area contributed by atoms with Gasteiger partial charge in [-0.1, -0.05) is 58.4 Å². The highest BCUT2D eigenvalue weighted by atomic mass is 35.5. The Morgan fingerprint density at radius 1 is 0.902 bits per heavy atom. The van der Waals surface area contributed by atoms with E-state index in [9.17, 15) is 14.4 Å². The van der Waals surface area contributed by atoms with Crippen LogP contribution in [0.2, 0.25) is 5.02 Å². The van der Waals surface area contributed by atoms with Crippen LogP contribution < -0.4 is 0 Å². The molecule has 1 aromatic carbocycles. The number of ketones is 1. The molecule has 228 valence electrons. The molecule has 6 nitrogen and oxygen atoms in total. The minimum Gasteiger partial charge on any atom is -0.334 e. The van der Waals surface area contributed by atoms with E-state index in [1.165, 1.54) is 0 Å². The maximum Gasteiger partial charge on any atom is 0.228 e. The summed E-state index contributed by atoms with van der Waals surface area (Å²) < 4.78 is 0. The fourth-order valence-corrected chi connectivity index (χ4v) is 7.31. The lowest BCUT2D eigenvalue weighted by Crippen LogP contribution is -2.54. The average molecular weight is 586 g/mol. The number of amides is 2. The molecular formula is C34H52ClN3O3. The number of hydrogen-bond acceptors (Lipinski definition) is 4. The summed E-state index contributed by atoms with van der Waals surface area (Å²) in [7, 11) is 0. The van der Waals surface area contributed by atoms with Crippen molar-refractivity contribution in [3.8, 4) is 0 Å². The van der Waals surface area contributed by atoms with Crippen molar-refractivity contribution in [2.24, 2.45) is 16.7 Å². The molecule has 2 amide bonds. The van der Waals surface area contributed by atoms with Gasteiger partial charge in [-0.15, -0.1) is 0 Å². The van der Waals surface area contributed by atoms with Crippen LogP contribution in [-0.2, 0) is 14.4 Å². The molecule has 1 unspecified atom stereocenters. The highest BCUT2D eigenvalue weighted by molar-refractivity contribution is 6.30. The van der Waals surface area contributed by atoms with Crippen LogP contribution in [0.1, 0.15) is 106 Å². The molecule has 1 aromatic rings. The molecule has 0 aromatic heterocycles. The zero-order valence-electron chi connectivity index (χ0n) is 26.8. The molecule has 3 aliphatic rings. The van der Waals surface area contributed by atoms with E-state index in [1.807, 2.05) is 49.9 Å². The summed E-state index contributed by atoms with van der Waals surface area (Å²) in [4.78, 5) is 47.8. The maximum atomic E-state index is 14.5. The molecule has 1 aliphatic carbocycles. The second-order valence-electron chi connectivity index (χ2n) is 15.7. The van der Waals surface area contributed by atoms with Crippen molar-refractivity contribution < 1.29 is 14.4 Å². The van der Waals surface area contributed by atoms with E-state index in [-0.39, 0.29) is 52.5 Å². The predicted octanol–water partition coefficient (Wildman–Crippen LogP) is 6.56. The van der Waals surface area contributed by atoms with Gasteiger partial charge in [0.1, 0.15) is 0 Å². The monoisotopic (exact) mass is 585 g/mol. The van der Waals surface area contributed by atoms with Gasteiger partial charge >= 0.3 is 0 Å². The number of benzene rings is 1. The number of likely N-dealkylation sites (tertiary alicyclic amines) is 2. The predicted molar refractivity (Wildman–Crippen MR) is 166 cm³/mol. The topological polar surface area (TPSA) is 60.9 Å². The summed E-state index contributed by atoms with van der Waals surface area (Å²) in [5, 5.41) is 0.677. The molecule has 3 fully saturated rings. The summed E-state index contributed by atoms with van der Waals surface area (Å²) in [6.45, 7) is 20.5. The van der Waals surface area contributed by atoms with E-state index in [0.29, 0.717) is 24.5 Å². The van der Waals surface area contributed by atoms with Crippen molar-refractivity contribution in [1.82, 2.24) is 14.7 Å². The Morgan fingerprint density at radius 2 is 1.49 bits per heavy atom. The smallest absolute Gasteiger partial charge is 0.228 e. The molecule has 41 heavy (non-hydrogen) atoms. The molecule has 4 atom stereocenters. The Balaban J connectivity index is 1.64. The molecule has 7 heteroatoms. The van der Waals surface area contributed by atoms with Gasteiger partial charge in [0.2, 0.25) is 11.8 Å². The highest BCUT2D eigenvalue weighted by Crippen LogP contribution is 2.42. The zero-order chi connectivity index (χ0) is 30.5. The van der Waals surface area contributed by atoms with E-state index in [4.69, 9.17) is 11.6 Å². The van der Waals surface area contributed by atoms with Crippen molar-refractivity contribution in [1.29, 1.82) is 0 Å². The second-order valence-corrected chi connectivity index (χ2v) is 16.1. The Morgan fingerprint density at radius 3 is 2.00 bits per heavy atom. The second kappa shape index (κ2) is 11.6. The van der Waals surface area contributed by atoms with Crippen LogP contribution in [0.25, 0.3) is 0 Å². The number of rotatable bonds is 5.